The minimum atomic E-state index is -2.20. The number of thiocarbonyl (C=S) groups is 1. The van der Waals surface area contributed by atoms with Gasteiger partial charge in [0.1, 0.15) is 41.5 Å². The van der Waals surface area contributed by atoms with Gasteiger partial charge in [-0.15, -0.1) is 0 Å². The normalized spacial score (nSPS) is 14.2. The number of benzene rings is 2. The monoisotopic (exact) mass is 604 g/mol. The molecule has 0 fully saturated rings. The summed E-state index contributed by atoms with van der Waals surface area (Å²) in [5.74, 6) is -2.54. The van der Waals surface area contributed by atoms with Crippen LogP contribution in [0.4, 0.5) is 13.6 Å². The molecule has 3 rings (SSSR count). The number of aromatic nitrogens is 3. The zero-order chi connectivity index (χ0) is 31.1. The Labute approximate surface area is 247 Å². The average Bonchev–Trinajstić information content (AvgIpc) is 3.42. The number of rotatable bonds is 9. The first-order valence-corrected chi connectivity index (χ1v) is 13.4. The van der Waals surface area contributed by atoms with E-state index in [1.807, 2.05) is 30.3 Å². The van der Waals surface area contributed by atoms with E-state index in [0.29, 0.717) is 6.07 Å². The molecule has 0 aliphatic heterocycles. The van der Waals surface area contributed by atoms with Crippen molar-refractivity contribution in [1.82, 2.24) is 30.5 Å². The molecular weight excluding hydrogens is 570 g/mol. The Morgan fingerprint density at radius 1 is 1.17 bits per heavy atom. The lowest BCUT2D eigenvalue weighted by atomic mass is 9.86. The van der Waals surface area contributed by atoms with Crippen molar-refractivity contribution in [3.8, 4) is 0 Å². The van der Waals surface area contributed by atoms with Crippen LogP contribution in [0.15, 0.2) is 61.2 Å². The van der Waals surface area contributed by atoms with Gasteiger partial charge in [-0.25, -0.2) is 33.5 Å². The number of aliphatic hydroxyl groups is 1. The lowest BCUT2D eigenvalue weighted by Crippen LogP contribution is -2.63. The molecule has 0 unspecified atom stereocenters. The summed E-state index contributed by atoms with van der Waals surface area (Å²) >= 11 is 5.63. The first kappa shape index (κ1) is 32.3. The third-order valence-electron chi connectivity index (χ3n) is 6.24. The maximum atomic E-state index is 15.2. The summed E-state index contributed by atoms with van der Waals surface area (Å²) in [6.07, 6.45) is 1.74. The van der Waals surface area contributed by atoms with E-state index in [1.54, 1.807) is 20.8 Å². The summed E-state index contributed by atoms with van der Waals surface area (Å²) in [5.41, 5.74) is -0.124. The zero-order valence-corrected chi connectivity index (χ0v) is 24.7. The Kier molecular flexibility index (Phi) is 10.5. The molecule has 0 spiro atoms. The maximum Gasteiger partial charge on any atom is 0.426 e. The van der Waals surface area contributed by atoms with Crippen molar-refractivity contribution in [2.75, 3.05) is 7.11 Å². The molecule has 3 aromatic rings. The molecule has 2 aromatic carbocycles. The quantitative estimate of drug-likeness (QED) is 0.190. The van der Waals surface area contributed by atoms with E-state index in [9.17, 15) is 19.1 Å². The summed E-state index contributed by atoms with van der Waals surface area (Å²) in [6, 6.07) is 9.50. The lowest BCUT2D eigenvalue weighted by molar-refractivity contribution is -0.142. The number of hydrogen-bond donors (Lipinski definition) is 3. The minimum absolute atomic E-state index is 0.165. The van der Waals surface area contributed by atoms with Gasteiger partial charge in [0, 0.05) is 18.1 Å². The van der Waals surface area contributed by atoms with Gasteiger partial charge in [-0.05, 0) is 51.5 Å². The summed E-state index contributed by atoms with van der Waals surface area (Å²) < 4.78 is 40.7. The molecule has 226 valence electrons. The van der Waals surface area contributed by atoms with E-state index in [-0.39, 0.29) is 23.6 Å². The van der Waals surface area contributed by atoms with Crippen molar-refractivity contribution in [3.63, 3.8) is 0 Å². The van der Waals surface area contributed by atoms with Crippen molar-refractivity contribution in [2.24, 2.45) is 0 Å². The highest BCUT2D eigenvalue weighted by molar-refractivity contribution is 7.80. The second-order valence-corrected chi connectivity index (χ2v) is 10.9. The van der Waals surface area contributed by atoms with Crippen LogP contribution in [0.1, 0.15) is 38.8 Å². The van der Waals surface area contributed by atoms with E-state index in [2.05, 4.69) is 20.8 Å². The molecule has 0 aliphatic carbocycles. The summed E-state index contributed by atoms with van der Waals surface area (Å²) in [7, 11) is 1.22. The van der Waals surface area contributed by atoms with Crippen LogP contribution in [-0.4, -0.2) is 66.8 Å². The number of halogens is 2. The average molecular weight is 605 g/mol. The largest absolute Gasteiger partial charge is 0.467 e. The predicted octanol–water partition coefficient (Wildman–Crippen LogP) is 3.23. The Morgan fingerprint density at radius 3 is 2.43 bits per heavy atom. The Morgan fingerprint density at radius 2 is 1.86 bits per heavy atom. The number of carbonyl (C=O) groups excluding carboxylic acids is 2. The van der Waals surface area contributed by atoms with Crippen LogP contribution in [0.3, 0.4) is 0 Å². The van der Waals surface area contributed by atoms with Crippen LogP contribution in [0.25, 0.3) is 0 Å². The topological polar surface area (TPSA) is 131 Å². The van der Waals surface area contributed by atoms with Gasteiger partial charge in [0.25, 0.3) is 0 Å². The van der Waals surface area contributed by atoms with Crippen molar-refractivity contribution in [3.05, 3.63) is 83.9 Å². The first-order chi connectivity index (χ1) is 19.7. The molecule has 1 amide bonds. The van der Waals surface area contributed by atoms with Crippen molar-refractivity contribution in [2.45, 2.75) is 63.9 Å². The minimum Gasteiger partial charge on any atom is -0.467 e. The van der Waals surface area contributed by atoms with Crippen LogP contribution < -0.4 is 10.7 Å². The van der Waals surface area contributed by atoms with Gasteiger partial charge in [-0.2, -0.15) is 5.10 Å². The Hall–Kier alpha value is -4.17. The van der Waals surface area contributed by atoms with Crippen LogP contribution in [0, 0.1) is 11.6 Å². The number of carbonyl (C=O) groups is 2. The first-order valence-electron chi connectivity index (χ1n) is 12.9. The second kappa shape index (κ2) is 13.7. The van der Waals surface area contributed by atoms with E-state index >= 15 is 4.39 Å². The number of esters is 1. The molecule has 0 aliphatic rings. The van der Waals surface area contributed by atoms with Crippen LogP contribution in [0.2, 0.25) is 0 Å². The molecule has 14 heteroatoms. The van der Waals surface area contributed by atoms with Crippen molar-refractivity contribution >= 4 is 29.4 Å². The molecule has 0 saturated heterocycles. The molecule has 11 nitrogen and oxygen atoms in total. The van der Waals surface area contributed by atoms with Crippen molar-refractivity contribution < 1.29 is 33.0 Å². The lowest BCUT2D eigenvalue weighted by Gasteiger charge is -2.42. The number of amides is 1. The number of nitrogens with one attached hydrogen (secondary N) is 2. The number of methoxy groups -OCH3 is 1. The predicted molar refractivity (Wildman–Crippen MR) is 153 cm³/mol. The molecule has 0 bridgehead atoms. The molecule has 42 heavy (non-hydrogen) atoms. The highest BCUT2D eigenvalue weighted by atomic mass is 32.1. The van der Waals surface area contributed by atoms with Gasteiger partial charge in [-0.1, -0.05) is 36.4 Å². The van der Waals surface area contributed by atoms with Gasteiger partial charge in [0.15, 0.2) is 5.11 Å². The summed E-state index contributed by atoms with van der Waals surface area (Å²) in [4.78, 5) is 29.5. The van der Waals surface area contributed by atoms with Crippen LogP contribution in [-0.2, 0) is 32.8 Å². The molecule has 1 aromatic heterocycles. The van der Waals surface area contributed by atoms with E-state index < -0.39 is 47.0 Å². The summed E-state index contributed by atoms with van der Waals surface area (Å²) in [6.45, 7) is 6.03. The van der Waals surface area contributed by atoms with E-state index in [0.717, 1.165) is 22.7 Å². The van der Waals surface area contributed by atoms with Crippen LogP contribution in [0.5, 0.6) is 0 Å². The van der Waals surface area contributed by atoms with Gasteiger partial charge in [0.05, 0.1) is 19.7 Å². The van der Waals surface area contributed by atoms with Crippen molar-refractivity contribution in [1.29, 1.82) is 0 Å². The van der Waals surface area contributed by atoms with Gasteiger partial charge >= 0.3 is 12.1 Å². The summed E-state index contributed by atoms with van der Waals surface area (Å²) in [5, 5.41) is 19.8. The zero-order valence-electron chi connectivity index (χ0n) is 23.9. The molecule has 0 saturated carbocycles. The fraction of sp³-hybridized carbons (Fsp3) is 0.393. The molecule has 3 N–H and O–H groups in total. The van der Waals surface area contributed by atoms with Gasteiger partial charge in [0.2, 0.25) is 0 Å². The molecule has 0 radical (unpaired) electrons. The number of nitrogens with zero attached hydrogens (tertiary/aromatic N) is 4. The SMILES string of the molecule is COC(=O)[C@H](Cc1ccccc1)NC(=S)N(NC(=O)OC(C)(C)C)[C@H](C)[C@](O)(Cn1cncn1)c1ccc(F)cc1F. The van der Waals surface area contributed by atoms with Gasteiger partial charge < -0.3 is 19.9 Å². The number of hydrazine groups is 1. The van der Waals surface area contributed by atoms with Crippen LogP contribution >= 0.6 is 12.2 Å². The van der Waals surface area contributed by atoms with E-state index in [4.69, 9.17) is 21.7 Å². The third-order valence-corrected chi connectivity index (χ3v) is 6.56. The van der Waals surface area contributed by atoms with Gasteiger partial charge in [-0.3, -0.25) is 5.01 Å². The molecule has 3 atom stereocenters. The molecule has 1 heterocycles. The Bertz CT molecular complexity index is 1370. The fourth-order valence-corrected chi connectivity index (χ4v) is 4.53. The fourth-order valence-electron chi connectivity index (χ4n) is 4.18. The smallest absolute Gasteiger partial charge is 0.426 e. The number of hydrogen-bond acceptors (Lipinski definition) is 8. The second-order valence-electron chi connectivity index (χ2n) is 10.5. The molecular formula is C28H34F2N6O5S. The third kappa shape index (κ3) is 8.42. The highest BCUT2D eigenvalue weighted by Gasteiger charge is 2.44. The highest BCUT2D eigenvalue weighted by Crippen LogP contribution is 2.32. The standard InChI is InChI=1S/C28H34F2N6O5S/c1-18(28(39,15-35-17-31-16-32-35)21-12-11-20(29)14-22(21)30)36(34-26(38)41-27(2,3)4)25(42)33-23(24(37)40-5)13-19-9-7-6-8-10-19/h6-12,14,16-18,23,39H,13,15H2,1-5H3,(H,33,42)(H,34,38)/t18-,23+,28-/m1/s1. The maximum absolute atomic E-state index is 15.2. The number of ether oxygens (including phenoxy) is 2. The Balaban J connectivity index is 2.05. The van der Waals surface area contributed by atoms with E-state index in [1.165, 1.54) is 31.4 Å².